The monoisotopic (exact) mass is 342 g/mol. The maximum atomic E-state index is 2.76. The van der Waals surface area contributed by atoms with Gasteiger partial charge in [0.25, 0.3) is 0 Å². The predicted molar refractivity (Wildman–Crippen MR) is 107 cm³/mol. The molecule has 1 aliphatic heterocycles. The van der Waals surface area contributed by atoms with Gasteiger partial charge in [-0.25, -0.2) is 0 Å². The van der Waals surface area contributed by atoms with Crippen molar-refractivity contribution in [3.8, 4) is 0 Å². The van der Waals surface area contributed by atoms with Crippen LogP contribution in [0.2, 0.25) is 0 Å². The summed E-state index contributed by atoms with van der Waals surface area (Å²) in [6.07, 6.45) is 11.3. The van der Waals surface area contributed by atoms with E-state index in [2.05, 4.69) is 56.2 Å². The maximum absolute atomic E-state index is 2.76. The smallest absolute Gasteiger partial charge is 0.0557 e. The normalized spacial score (nSPS) is 17.7. The third-order valence-electron chi connectivity index (χ3n) is 5.09. The molecule has 3 heteroatoms. The summed E-state index contributed by atoms with van der Waals surface area (Å²) < 4.78 is 0. The zero-order valence-electron chi connectivity index (χ0n) is 16.5. The van der Waals surface area contributed by atoms with E-state index in [4.69, 9.17) is 0 Å². The zero-order chi connectivity index (χ0) is 17.1. The highest BCUT2D eigenvalue weighted by Gasteiger charge is 2.22. The van der Waals surface area contributed by atoms with E-state index in [-0.39, 0.29) is 0 Å². The van der Waals surface area contributed by atoms with Crippen molar-refractivity contribution >= 4 is 11.8 Å². The Morgan fingerprint density at radius 3 is 2.09 bits per heavy atom. The molecule has 1 saturated heterocycles. The van der Waals surface area contributed by atoms with Gasteiger partial charge in [0, 0.05) is 24.4 Å². The SMILES string of the molecule is CCCCCCCC(SCCN(C(C)C)C(C)C)N1CCCC1. The van der Waals surface area contributed by atoms with E-state index in [0.29, 0.717) is 12.1 Å². The maximum Gasteiger partial charge on any atom is 0.0557 e. The van der Waals surface area contributed by atoms with Gasteiger partial charge in [0.05, 0.1) is 5.37 Å². The Morgan fingerprint density at radius 1 is 0.913 bits per heavy atom. The molecular weight excluding hydrogens is 300 g/mol. The van der Waals surface area contributed by atoms with E-state index >= 15 is 0 Å². The molecule has 1 unspecified atom stereocenters. The Kier molecular flexibility index (Phi) is 11.7. The molecule has 0 aromatic heterocycles. The van der Waals surface area contributed by atoms with Gasteiger partial charge in [-0.1, -0.05) is 39.0 Å². The lowest BCUT2D eigenvalue weighted by Gasteiger charge is -2.32. The van der Waals surface area contributed by atoms with Gasteiger partial charge < -0.3 is 0 Å². The van der Waals surface area contributed by atoms with Gasteiger partial charge in [-0.2, -0.15) is 0 Å². The third-order valence-corrected chi connectivity index (χ3v) is 6.43. The van der Waals surface area contributed by atoms with Crippen molar-refractivity contribution in [3.05, 3.63) is 0 Å². The average molecular weight is 343 g/mol. The zero-order valence-corrected chi connectivity index (χ0v) is 17.3. The van der Waals surface area contributed by atoms with Crippen molar-refractivity contribution in [1.29, 1.82) is 0 Å². The number of hydrogen-bond donors (Lipinski definition) is 0. The quantitative estimate of drug-likeness (QED) is 0.401. The molecule has 0 aliphatic carbocycles. The third kappa shape index (κ3) is 8.79. The lowest BCUT2D eigenvalue weighted by Crippen LogP contribution is -2.39. The number of likely N-dealkylation sites (tertiary alicyclic amines) is 1. The second-order valence-electron chi connectivity index (χ2n) is 7.70. The topological polar surface area (TPSA) is 6.48 Å². The Balaban J connectivity index is 2.34. The Labute approximate surface area is 150 Å². The highest BCUT2D eigenvalue weighted by molar-refractivity contribution is 7.99. The Hall–Kier alpha value is 0.270. The molecular formula is C20H42N2S. The minimum Gasteiger partial charge on any atom is -0.298 e. The number of hydrogen-bond acceptors (Lipinski definition) is 3. The van der Waals surface area contributed by atoms with Gasteiger partial charge in [-0.15, -0.1) is 11.8 Å². The van der Waals surface area contributed by atoms with Gasteiger partial charge in [0.2, 0.25) is 0 Å². The second-order valence-corrected chi connectivity index (χ2v) is 8.98. The lowest BCUT2D eigenvalue weighted by atomic mass is 10.1. The summed E-state index contributed by atoms with van der Waals surface area (Å²) in [5.74, 6) is 1.28. The van der Waals surface area contributed by atoms with Gasteiger partial charge in [0.1, 0.15) is 0 Å². The van der Waals surface area contributed by atoms with Crippen LogP contribution >= 0.6 is 11.8 Å². The van der Waals surface area contributed by atoms with Crippen LogP contribution in [0, 0.1) is 0 Å². The summed E-state index contributed by atoms with van der Waals surface area (Å²) >= 11 is 2.23. The molecule has 0 bridgehead atoms. The molecule has 2 nitrogen and oxygen atoms in total. The fourth-order valence-electron chi connectivity index (χ4n) is 3.73. The van der Waals surface area contributed by atoms with E-state index in [9.17, 15) is 0 Å². The fourth-order valence-corrected chi connectivity index (χ4v) is 5.07. The summed E-state index contributed by atoms with van der Waals surface area (Å²) in [5, 5.41) is 0.778. The highest BCUT2D eigenvalue weighted by Crippen LogP contribution is 2.26. The van der Waals surface area contributed by atoms with Crippen LogP contribution in [0.3, 0.4) is 0 Å². The Morgan fingerprint density at radius 2 is 1.52 bits per heavy atom. The van der Waals surface area contributed by atoms with Crippen molar-refractivity contribution in [2.75, 3.05) is 25.4 Å². The average Bonchev–Trinajstić information content (AvgIpc) is 3.02. The predicted octanol–water partition coefficient (Wildman–Crippen LogP) is 5.62. The van der Waals surface area contributed by atoms with Gasteiger partial charge in [-0.3, -0.25) is 9.80 Å². The van der Waals surface area contributed by atoms with E-state index in [0.717, 1.165) is 5.37 Å². The van der Waals surface area contributed by atoms with Crippen LogP contribution in [0.5, 0.6) is 0 Å². The van der Waals surface area contributed by atoms with Crippen LogP contribution < -0.4 is 0 Å². The van der Waals surface area contributed by atoms with Gasteiger partial charge in [-0.05, 0) is 60.0 Å². The van der Waals surface area contributed by atoms with Crippen molar-refractivity contribution in [2.45, 2.75) is 103 Å². The van der Waals surface area contributed by atoms with E-state index in [1.165, 1.54) is 76.8 Å². The van der Waals surface area contributed by atoms with Crippen molar-refractivity contribution < 1.29 is 0 Å². The van der Waals surface area contributed by atoms with E-state index in [1.54, 1.807) is 0 Å². The molecule has 0 saturated carbocycles. The fraction of sp³-hybridized carbons (Fsp3) is 1.00. The molecule has 0 aromatic carbocycles. The van der Waals surface area contributed by atoms with E-state index in [1.807, 2.05) is 0 Å². The minimum atomic E-state index is 0.662. The first-order chi connectivity index (χ1) is 11.1. The Bertz CT molecular complexity index is 267. The lowest BCUT2D eigenvalue weighted by molar-refractivity contribution is 0.187. The summed E-state index contributed by atoms with van der Waals surface area (Å²) in [4.78, 5) is 5.40. The van der Waals surface area contributed by atoms with Crippen molar-refractivity contribution in [3.63, 3.8) is 0 Å². The minimum absolute atomic E-state index is 0.662. The van der Waals surface area contributed by atoms with Crippen LogP contribution in [0.25, 0.3) is 0 Å². The molecule has 0 N–H and O–H groups in total. The summed E-state index contributed by atoms with van der Waals surface area (Å²) in [5.41, 5.74) is 0. The van der Waals surface area contributed by atoms with Crippen LogP contribution in [0.1, 0.15) is 86.0 Å². The van der Waals surface area contributed by atoms with Crippen LogP contribution in [-0.2, 0) is 0 Å². The van der Waals surface area contributed by atoms with Crippen molar-refractivity contribution in [2.24, 2.45) is 0 Å². The molecule has 1 aliphatic rings. The largest absolute Gasteiger partial charge is 0.298 e. The summed E-state index contributed by atoms with van der Waals surface area (Å²) in [7, 11) is 0. The van der Waals surface area contributed by atoms with Crippen LogP contribution in [0.15, 0.2) is 0 Å². The standard InChI is InChI=1S/C20H42N2S/c1-6-7-8-9-10-13-20(21-14-11-12-15-21)23-17-16-22(18(2)3)19(4)5/h18-20H,6-17H2,1-5H3. The molecule has 138 valence electrons. The van der Waals surface area contributed by atoms with Gasteiger partial charge >= 0.3 is 0 Å². The molecule has 1 rings (SSSR count). The number of nitrogens with zero attached hydrogens (tertiary/aromatic N) is 2. The van der Waals surface area contributed by atoms with Crippen LogP contribution in [0.4, 0.5) is 0 Å². The first-order valence-electron chi connectivity index (χ1n) is 10.2. The molecule has 1 fully saturated rings. The second kappa shape index (κ2) is 12.6. The van der Waals surface area contributed by atoms with Crippen molar-refractivity contribution in [1.82, 2.24) is 9.80 Å². The molecule has 0 aromatic rings. The molecule has 1 atom stereocenters. The summed E-state index contributed by atoms with van der Waals surface area (Å²) in [6, 6.07) is 1.32. The van der Waals surface area contributed by atoms with E-state index < -0.39 is 0 Å². The first kappa shape index (κ1) is 21.3. The molecule has 1 heterocycles. The number of unbranched alkanes of at least 4 members (excludes halogenated alkanes) is 4. The molecule has 23 heavy (non-hydrogen) atoms. The molecule has 0 spiro atoms. The van der Waals surface area contributed by atoms with Crippen LogP contribution in [-0.4, -0.2) is 52.6 Å². The molecule has 0 radical (unpaired) electrons. The first-order valence-corrected chi connectivity index (χ1v) is 11.2. The molecule has 0 amide bonds. The number of thioether (sulfide) groups is 1. The summed E-state index contributed by atoms with van der Waals surface area (Å²) in [6.45, 7) is 15.5. The number of rotatable bonds is 13. The van der Waals surface area contributed by atoms with Gasteiger partial charge in [0.15, 0.2) is 0 Å². The highest BCUT2D eigenvalue weighted by atomic mass is 32.2.